The van der Waals surface area contributed by atoms with E-state index in [-0.39, 0.29) is 16.8 Å². The average Bonchev–Trinajstić information content (AvgIpc) is 3.05. The second-order valence-corrected chi connectivity index (χ2v) is 7.18. The quantitative estimate of drug-likeness (QED) is 0.667. The van der Waals surface area contributed by atoms with Crippen LogP contribution in [0, 0.1) is 0 Å². The highest BCUT2D eigenvalue weighted by atomic mass is 32.2. The van der Waals surface area contributed by atoms with Gasteiger partial charge >= 0.3 is 0 Å². The van der Waals surface area contributed by atoms with Crippen molar-refractivity contribution in [2.75, 3.05) is 6.26 Å². The zero-order valence-electron chi connectivity index (χ0n) is 12.8. The lowest BCUT2D eigenvalue weighted by Crippen LogP contribution is -2.29. The first-order valence-electron chi connectivity index (χ1n) is 7.74. The molecule has 3 aromatic heterocycles. The van der Waals surface area contributed by atoms with Crippen LogP contribution in [-0.2, 0) is 10.8 Å². The van der Waals surface area contributed by atoms with Crippen LogP contribution in [0.4, 0.5) is 0 Å². The standard InChI is InChI=1S/C15H17N5O2S/c1-23(22)14-17-9-11-12(18-14)19-8-7-16-15(19)20(13(11)21)10-5-3-2-4-6-10/h7-10H,2-6H2,1H3. The minimum Gasteiger partial charge on any atom is -0.274 e. The highest BCUT2D eigenvalue weighted by Gasteiger charge is 2.22. The van der Waals surface area contributed by atoms with E-state index in [1.807, 2.05) is 0 Å². The van der Waals surface area contributed by atoms with Crippen molar-refractivity contribution in [2.24, 2.45) is 0 Å². The summed E-state index contributed by atoms with van der Waals surface area (Å²) in [7, 11) is -1.30. The second kappa shape index (κ2) is 5.52. The summed E-state index contributed by atoms with van der Waals surface area (Å²) in [6.07, 6.45) is 11.9. The number of nitrogens with zero attached hydrogens (tertiary/aromatic N) is 5. The fraction of sp³-hybridized carbons (Fsp3) is 0.467. The van der Waals surface area contributed by atoms with Crippen molar-refractivity contribution in [1.82, 2.24) is 23.9 Å². The van der Waals surface area contributed by atoms with Crippen LogP contribution >= 0.6 is 0 Å². The molecule has 7 nitrogen and oxygen atoms in total. The van der Waals surface area contributed by atoms with Gasteiger partial charge in [0.05, 0.1) is 10.8 Å². The van der Waals surface area contributed by atoms with Crippen molar-refractivity contribution in [3.63, 3.8) is 0 Å². The molecule has 1 aliphatic carbocycles. The molecule has 1 atom stereocenters. The molecule has 3 aromatic rings. The van der Waals surface area contributed by atoms with E-state index in [9.17, 15) is 9.00 Å². The molecule has 4 rings (SSSR count). The number of fused-ring (bicyclic) bond motifs is 3. The third-order valence-electron chi connectivity index (χ3n) is 4.46. The third-order valence-corrected chi connectivity index (χ3v) is 5.17. The number of aromatic nitrogens is 5. The summed E-state index contributed by atoms with van der Waals surface area (Å²) in [6.45, 7) is 0. The Labute approximate surface area is 134 Å². The van der Waals surface area contributed by atoms with Gasteiger partial charge in [-0.15, -0.1) is 0 Å². The van der Waals surface area contributed by atoms with Crippen LogP contribution in [0.2, 0.25) is 0 Å². The van der Waals surface area contributed by atoms with E-state index in [0.29, 0.717) is 16.8 Å². The van der Waals surface area contributed by atoms with Crippen LogP contribution in [-0.4, -0.2) is 34.4 Å². The molecule has 120 valence electrons. The number of imidazole rings is 1. The van der Waals surface area contributed by atoms with Crippen LogP contribution < -0.4 is 5.56 Å². The van der Waals surface area contributed by atoms with Crippen LogP contribution in [0.15, 0.2) is 28.5 Å². The van der Waals surface area contributed by atoms with Gasteiger partial charge in [-0.25, -0.2) is 15.0 Å². The average molecular weight is 331 g/mol. The summed E-state index contributed by atoms with van der Waals surface area (Å²) in [4.78, 5) is 25.8. The minimum atomic E-state index is -1.30. The van der Waals surface area contributed by atoms with Crippen molar-refractivity contribution < 1.29 is 4.21 Å². The largest absolute Gasteiger partial charge is 0.274 e. The van der Waals surface area contributed by atoms with Gasteiger partial charge in [-0.2, -0.15) is 0 Å². The highest BCUT2D eigenvalue weighted by Crippen LogP contribution is 2.28. The smallest absolute Gasteiger partial charge is 0.266 e. The maximum Gasteiger partial charge on any atom is 0.266 e. The van der Waals surface area contributed by atoms with Gasteiger partial charge in [0.1, 0.15) is 5.39 Å². The van der Waals surface area contributed by atoms with E-state index in [2.05, 4.69) is 15.0 Å². The monoisotopic (exact) mass is 331 g/mol. The summed E-state index contributed by atoms with van der Waals surface area (Å²) in [5.74, 6) is 0.598. The molecule has 3 heterocycles. The van der Waals surface area contributed by atoms with E-state index in [1.165, 1.54) is 18.9 Å². The molecule has 0 N–H and O–H groups in total. The Morgan fingerprint density at radius 3 is 2.74 bits per heavy atom. The summed E-state index contributed by atoms with van der Waals surface area (Å²) >= 11 is 0. The number of rotatable bonds is 2. The fourth-order valence-corrected chi connectivity index (χ4v) is 3.77. The zero-order valence-corrected chi connectivity index (χ0v) is 13.6. The molecule has 0 aliphatic heterocycles. The maximum absolute atomic E-state index is 13.0. The Hall–Kier alpha value is -2.09. The molecule has 0 amide bonds. The van der Waals surface area contributed by atoms with Gasteiger partial charge in [-0.05, 0) is 12.8 Å². The van der Waals surface area contributed by atoms with Crippen molar-refractivity contribution in [3.05, 3.63) is 28.9 Å². The lowest BCUT2D eigenvalue weighted by atomic mass is 9.95. The van der Waals surface area contributed by atoms with Crippen LogP contribution in [0.25, 0.3) is 16.8 Å². The summed E-state index contributed by atoms with van der Waals surface area (Å²) in [5, 5.41) is 0.664. The maximum atomic E-state index is 13.0. The topological polar surface area (TPSA) is 82.1 Å². The summed E-state index contributed by atoms with van der Waals surface area (Å²) in [5.41, 5.74) is 0.355. The predicted molar refractivity (Wildman–Crippen MR) is 87.0 cm³/mol. The zero-order chi connectivity index (χ0) is 16.0. The van der Waals surface area contributed by atoms with E-state index in [0.717, 1.165) is 25.7 Å². The molecular weight excluding hydrogens is 314 g/mol. The molecule has 0 radical (unpaired) electrons. The van der Waals surface area contributed by atoms with Gasteiger partial charge in [-0.3, -0.25) is 18.0 Å². The molecule has 0 bridgehead atoms. The Balaban J connectivity index is 2.05. The van der Waals surface area contributed by atoms with E-state index in [1.54, 1.807) is 21.4 Å². The van der Waals surface area contributed by atoms with Crippen LogP contribution in [0.3, 0.4) is 0 Å². The van der Waals surface area contributed by atoms with E-state index in [4.69, 9.17) is 0 Å². The fourth-order valence-electron chi connectivity index (χ4n) is 3.36. The first-order chi connectivity index (χ1) is 11.2. The Bertz CT molecular complexity index is 971. The van der Waals surface area contributed by atoms with Gasteiger partial charge in [0.15, 0.2) is 5.65 Å². The molecule has 0 saturated heterocycles. The molecule has 1 unspecified atom stereocenters. The molecule has 0 aromatic carbocycles. The van der Waals surface area contributed by atoms with E-state index >= 15 is 0 Å². The second-order valence-electron chi connectivity index (χ2n) is 5.91. The lowest BCUT2D eigenvalue weighted by Gasteiger charge is -2.24. The normalized spacial score (nSPS) is 17.8. The lowest BCUT2D eigenvalue weighted by molar-refractivity contribution is 0.351. The first kappa shape index (κ1) is 14.5. The molecule has 0 spiro atoms. The van der Waals surface area contributed by atoms with Crippen LogP contribution in [0.5, 0.6) is 0 Å². The highest BCUT2D eigenvalue weighted by molar-refractivity contribution is 7.84. The first-order valence-corrected chi connectivity index (χ1v) is 9.30. The van der Waals surface area contributed by atoms with Crippen molar-refractivity contribution in [3.8, 4) is 0 Å². The van der Waals surface area contributed by atoms with Gasteiger partial charge < -0.3 is 0 Å². The van der Waals surface area contributed by atoms with Gasteiger partial charge in [0.25, 0.3) is 5.56 Å². The van der Waals surface area contributed by atoms with Crippen molar-refractivity contribution in [1.29, 1.82) is 0 Å². The molecule has 1 saturated carbocycles. The van der Waals surface area contributed by atoms with E-state index < -0.39 is 10.8 Å². The molecule has 1 aliphatic rings. The SMILES string of the molecule is CS(=O)c1ncc2c(=O)n(C3CCCCC3)c3nccn3c2n1. The van der Waals surface area contributed by atoms with Gasteiger partial charge in [0.2, 0.25) is 10.9 Å². The van der Waals surface area contributed by atoms with Crippen LogP contribution in [0.1, 0.15) is 38.1 Å². The van der Waals surface area contributed by atoms with Crippen molar-refractivity contribution >= 4 is 27.6 Å². The molecule has 23 heavy (non-hydrogen) atoms. The molecule has 8 heteroatoms. The third kappa shape index (κ3) is 2.28. The Kier molecular flexibility index (Phi) is 3.48. The molecule has 1 fully saturated rings. The Morgan fingerprint density at radius 2 is 2.00 bits per heavy atom. The summed E-state index contributed by atoms with van der Waals surface area (Å²) in [6, 6.07) is 0.172. The van der Waals surface area contributed by atoms with Gasteiger partial charge in [0, 0.05) is 30.9 Å². The molecular formula is C15H17N5O2S. The number of hydrogen-bond acceptors (Lipinski definition) is 5. The Morgan fingerprint density at radius 1 is 1.22 bits per heavy atom. The summed E-state index contributed by atoms with van der Waals surface area (Å²) < 4.78 is 15.2. The minimum absolute atomic E-state index is 0.112. The van der Waals surface area contributed by atoms with Crippen molar-refractivity contribution in [2.45, 2.75) is 43.3 Å². The predicted octanol–water partition coefficient (Wildman–Crippen LogP) is 1.68. The number of hydrogen-bond donors (Lipinski definition) is 0. The van der Waals surface area contributed by atoms with Gasteiger partial charge in [-0.1, -0.05) is 19.3 Å².